The van der Waals surface area contributed by atoms with Crippen LogP contribution in [-0.4, -0.2) is 18.7 Å². The van der Waals surface area contributed by atoms with Crippen molar-refractivity contribution in [1.82, 2.24) is 0 Å². The van der Waals surface area contributed by atoms with Crippen molar-refractivity contribution in [3.63, 3.8) is 0 Å². The van der Waals surface area contributed by atoms with E-state index in [1.165, 1.54) is 7.11 Å². The van der Waals surface area contributed by atoms with Gasteiger partial charge in [-0.25, -0.2) is 0 Å². The first-order chi connectivity index (χ1) is 7.20. The molecule has 4 nitrogen and oxygen atoms in total. The van der Waals surface area contributed by atoms with E-state index < -0.39 is 5.91 Å². The van der Waals surface area contributed by atoms with Crippen LogP contribution in [0.15, 0.2) is 29.4 Å². The lowest BCUT2D eigenvalue weighted by Gasteiger charge is -2.06. The predicted molar refractivity (Wildman–Crippen MR) is 61.8 cm³/mol. The second kappa shape index (κ2) is 5.50. The number of rotatable bonds is 4. The molecule has 0 aliphatic carbocycles. The van der Waals surface area contributed by atoms with Gasteiger partial charge < -0.3 is 10.6 Å². The molecule has 1 aromatic rings. The molecule has 0 aliphatic heterocycles. The summed E-state index contributed by atoms with van der Waals surface area (Å²) in [5.74, 6) is -0.606. The number of hydrogen-bond acceptors (Lipinski definition) is 3. The molecular formula is C10H11BrN2O2. The van der Waals surface area contributed by atoms with Crippen molar-refractivity contribution in [3.8, 4) is 0 Å². The van der Waals surface area contributed by atoms with Crippen molar-refractivity contribution in [2.24, 2.45) is 10.9 Å². The van der Waals surface area contributed by atoms with Crippen LogP contribution >= 0.6 is 15.9 Å². The van der Waals surface area contributed by atoms with Crippen LogP contribution in [0, 0.1) is 0 Å². The molecule has 80 valence electrons. The molecule has 0 heterocycles. The standard InChI is InChI=1S/C10H11BrN2O2/c1-15-13-9(10(12)14)8-5-3-2-4-7(8)6-11/h2-5H,6H2,1H3,(H2,12,14)/b13-9+. The van der Waals surface area contributed by atoms with Crippen LogP contribution in [0.4, 0.5) is 0 Å². The SMILES string of the molecule is CO/N=C(/C(N)=O)c1ccccc1CBr. The zero-order valence-corrected chi connectivity index (χ0v) is 9.82. The fraction of sp³-hybridized carbons (Fsp3) is 0.200. The Hall–Kier alpha value is -1.36. The third kappa shape index (κ3) is 2.79. The summed E-state index contributed by atoms with van der Waals surface area (Å²) in [6.45, 7) is 0. The highest BCUT2D eigenvalue weighted by molar-refractivity contribution is 9.08. The van der Waals surface area contributed by atoms with E-state index in [0.717, 1.165) is 5.56 Å². The smallest absolute Gasteiger partial charge is 0.271 e. The van der Waals surface area contributed by atoms with E-state index in [1.807, 2.05) is 18.2 Å². The van der Waals surface area contributed by atoms with Crippen LogP contribution < -0.4 is 5.73 Å². The van der Waals surface area contributed by atoms with Crippen LogP contribution in [0.3, 0.4) is 0 Å². The Kier molecular flexibility index (Phi) is 4.30. The van der Waals surface area contributed by atoms with E-state index in [2.05, 4.69) is 25.9 Å². The number of carbonyl (C=O) groups excluding carboxylic acids is 1. The summed E-state index contributed by atoms with van der Waals surface area (Å²) in [6, 6.07) is 7.36. The Labute approximate surface area is 96.2 Å². The lowest BCUT2D eigenvalue weighted by atomic mass is 10.0. The molecule has 1 rings (SSSR count). The Morgan fingerprint density at radius 3 is 2.73 bits per heavy atom. The molecule has 0 bridgehead atoms. The molecular weight excluding hydrogens is 260 g/mol. The summed E-state index contributed by atoms with van der Waals surface area (Å²) in [5, 5.41) is 4.25. The normalized spacial score (nSPS) is 11.2. The zero-order valence-electron chi connectivity index (χ0n) is 8.24. The third-order valence-corrected chi connectivity index (χ3v) is 2.44. The summed E-state index contributed by atoms with van der Waals surface area (Å²) in [7, 11) is 1.37. The Morgan fingerprint density at radius 1 is 1.53 bits per heavy atom. The number of hydrogen-bond donors (Lipinski definition) is 1. The van der Waals surface area contributed by atoms with Crippen molar-refractivity contribution in [3.05, 3.63) is 35.4 Å². The van der Waals surface area contributed by atoms with Crippen LogP contribution in [0.2, 0.25) is 0 Å². The monoisotopic (exact) mass is 270 g/mol. The minimum Gasteiger partial charge on any atom is -0.398 e. The van der Waals surface area contributed by atoms with Gasteiger partial charge in [0.2, 0.25) is 0 Å². The van der Waals surface area contributed by atoms with E-state index in [0.29, 0.717) is 10.9 Å². The number of amides is 1. The predicted octanol–water partition coefficient (Wildman–Crippen LogP) is 1.42. The van der Waals surface area contributed by atoms with Gasteiger partial charge in [0, 0.05) is 10.9 Å². The topological polar surface area (TPSA) is 64.7 Å². The number of carbonyl (C=O) groups is 1. The molecule has 0 atom stereocenters. The fourth-order valence-corrected chi connectivity index (χ4v) is 1.67. The number of benzene rings is 1. The number of oxime groups is 1. The van der Waals surface area contributed by atoms with Crippen molar-refractivity contribution in [1.29, 1.82) is 0 Å². The zero-order chi connectivity index (χ0) is 11.3. The lowest BCUT2D eigenvalue weighted by molar-refractivity contribution is -0.112. The minimum atomic E-state index is -0.606. The van der Waals surface area contributed by atoms with Gasteiger partial charge in [0.15, 0.2) is 5.71 Å². The Bertz CT molecular complexity index is 391. The van der Waals surface area contributed by atoms with Gasteiger partial charge >= 0.3 is 0 Å². The molecule has 0 spiro atoms. The van der Waals surface area contributed by atoms with Crippen LogP contribution in [0.1, 0.15) is 11.1 Å². The molecule has 0 fully saturated rings. The molecule has 0 aromatic heterocycles. The number of halogens is 1. The molecule has 1 aromatic carbocycles. The maximum Gasteiger partial charge on any atom is 0.271 e. The second-order valence-electron chi connectivity index (χ2n) is 2.78. The molecule has 0 saturated carbocycles. The number of primary amides is 1. The van der Waals surface area contributed by atoms with Crippen molar-refractivity contribution in [2.75, 3.05) is 7.11 Å². The van der Waals surface area contributed by atoms with E-state index in [9.17, 15) is 4.79 Å². The van der Waals surface area contributed by atoms with E-state index in [1.54, 1.807) is 6.07 Å². The first-order valence-electron chi connectivity index (χ1n) is 4.26. The van der Waals surface area contributed by atoms with Crippen LogP contribution in [0.5, 0.6) is 0 Å². The van der Waals surface area contributed by atoms with Gasteiger partial charge in [-0.3, -0.25) is 4.79 Å². The molecule has 0 aliphatic rings. The van der Waals surface area contributed by atoms with Gasteiger partial charge in [-0.05, 0) is 5.56 Å². The summed E-state index contributed by atoms with van der Waals surface area (Å²) in [4.78, 5) is 15.7. The molecule has 1 amide bonds. The van der Waals surface area contributed by atoms with E-state index in [-0.39, 0.29) is 5.71 Å². The highest BCUT2D eigenvalue weighted by atomic mass is 79.9. The molecule has 15 heavy (non-hydrogen) atoms. The first kappa shape index (κ1) is 11.7. The number of nitrogens with two attached hydrogens (primary N) is 1. The third-order valence-electron chi connectivity index (χ3n) is 1.83. The molecule has 0 radical (unpaired) electrons. The highest BCUT2D eigenvalue weighted by Crippen LogP contribution is 2.13. The molecule has 2 N–H and O–H groups in total. The molecule has 0 unspecified atom stereocenters. The van der Waals surface area contributed by atoms with Gasteiger partial charge in [0.1, 0.15) is 7.11 Å². The molecule has 5 heteroatoms. The fourth-order valence-electron chi connectivity index (χ4n) is 1.19. The van der Waals surface area contributed by atoms with Gasteiger partial charge in [-0.15, -0.1) is 0 Å². The van der Waals surface area contributed by atoms with Gasteiger partial charge in [-0.1, -0.05) is 45.4 Å². The summed E-state index contributed by atoms with van der Waals surface area (Å²) >= 11 is 3.33. The maximum atomic E-state index is 11.2. The number of alkyl halides is 1. The van der Waals surface area contributed by atoms with Crippen molar-refractivity contribution < 1.29 is 9.63 Å². The largest absolute Gasteiger partial charge is 0.398 e. The Balaban J connectivity index is 3.22. The number of nitrogens with zero attached hydrogens (tertiary/aromatic N) is 1. The summed E-state index contributed by atoms with van der Waals surface area (Å²) in [6.07, 6.45) is 0. The quantitative estimate of drug-likeness (QED) is 0.511. The Morgan fingerprint density at radius 2 is 2.20 bits per heavy atom. The second-order valence-corrected chi connectivity index (χ2v) is 3.34. The van der Waals surface area contributed by atoms with Crippen molar-refractivity contribution in [2.45, 2.75) is 5.33 Å². The lowest BCUT2D eigenvalue weighted by Crippen LogP contribution is -2.25. The summed E-state index contributed by atoms with van der Waals surface area (Å²) < 4.78 is 0. The highest BCUT2D eigenvalue weighted by Gasteiger charge is 2.14. The van der Waals surface area contributed by atoms with Gasteiger partial charge in [0.05, 0.1) is 0 Å². The average Bonchev–Trinajstić information content (AvgIpc) is 2.25. The maximum absolute atomic E-state index is 11.2. The summed E-state index contributed by atoms with van der Waals surface area (Å²) in [5.41, 5.74) is 6.97. The van der Waals surface area contributed by atoms with Gasteiger partial charge in [-0.2, -0.15) is 0 Å². The molecule has 0 saturated heterocycles. The van der Waals surface area contributed by atoms with Gasteiger partial charge in [0.25, 0.3) is 5.91 Å². The van der Waals surface area contributed by atoms with E-state index in [4.69, 9.17) is 5.73 Å². The van der Waals surface area contributed by atoms with Crippen LogP contribution in [0.25, 0.3) is 0 Å². The minimum absolute atomic E-state index is 0.132. The van der Waals surface area contributed by atoms with E-state index >= 15 is 0 Å². The first-order valence-corrected chi connectivity index (χ1v) is 5.38. The van der Waals surface area contributed by atoms with Crippen molar-refractivity contribution >= 4 is 27.5 Å². The average molecular weight is 271 g/mol. The van der Waals surface area contributed by atoms with Crippen LogP contribution in [-0.2, 0) is 15.0 Å².